The van der Waals surface area contributed by atoms with Gasteiger partial charge in [-0.25, -0.2) is 0 Å². The van der Waals surface area contributed by atoms with Crippen molar-refractivity contribution in [1.29, 1.82) is 0 Å². The molecule has 0 heterocycles. The maximum Gasteiger partial charge on any atom is 0 e. The van der Waals surface area contributed by atoms with Crippen LogP contribution in [-0.2, 0) is 43.0 Å². The van der Waals surface area contributed by atoms with Gasteiger partial charge < -0.3 is 0 Å². The zero-order chi connectivity index (χ0) is 4.50. The standard InChI is InChI=1S/Mo.2H2O.2O.Zn/h;2*1H2;;;/q+2;;;;;/p-2. The van der Waals surface area contributed by atoms with Crippen LogP contribution in [0.2, 0.25) is 0 Å². The minimum Gasteiger partial charge on any atom is 0 e. The van der Waals surface area contributed by atoms with E-state index in [9.17, 15) is 0 Å². The second kappa shape index (κ2) is 2.92. The molecule has 2 N–H and O–H groups in total. The molecule has 0 radical (unpaired) electrons. The molecule has 0 aromatic rings. The third-order valence-electron chi connectivity index (χ3n) is 0. The summed E-state index contributed by atoms with van der Waals surface area (Å²) < 4.78 is 32.0. The molecule has 0 aliphatic heterocycles. The van der Waals surface area contributed by atoms with Gasteiger partial charge in [0.1, 0.15) is 0 Å². The number of hydrogen-bond acceptors (Lipinski definition) is 2. The molecule has 0 aliphatic carbocycles. The Labute approximate surface area is 50.7 Å². The number of rotatable bonds is 0. The molecule has 0 spiro atoms. The molecule has 0 bridgehead atoms. The van der Waals surface area contributed by atoms with Gasteiger partial charge in [-0.05, 0) is 0 Å². The summed E-state index contributed by atoms with van der Waals surface area (Å²) in [5, 5.41) is 0. The van der Waals surface area contributed by atoms with Crippen LogP contribution in [0.4, 0.5) is 0 Å². The molecule has 0 aromatic carbocycles. The van der Waals surface area contributed by atoms with Crippen molar-refractivity contribution >= 4 is 0 Å². The largest absolute Gasteiger partial charge is 0 e. The topological polar surface area (TPSA) is 74.6 Å². The van der Waals surface area contributed by atoms with Crippen LogP contribution in [0.5, 0.6) is 0 Å². The molecule has 0 rings (SSSR count). The summed E-state index contributed by atoms with van der Waals surface area (Å²) in [5.74, 6) is 0. The van der Waals surface area contributed by atoms with E-state index in [2.05, 4.69) is 0 Å². The Hall–Kier alpha value is 0.832. The van der Waals surface area contributed by atoms with E-state index >= 15 is 0 Å². The maximum atomic E-state index is 8.85. The molecule has 0 unspecified atom stereocenters. The van der Waals surface area contributed by atoms with E-state index in [1.165, 1.54) is 0 Å². The Kier molecular flexibility index (Phi) is 4.84. The van der Waals surface area contributed by atoms with Crippen molar-refractivity contribution in [3.8, 4) is 0 Å². The van der Waals surface area contributed by atoms with Crippen molar-refractivity contribution in [1.82, 2.24) is 0 Å². The second-order valence-electron chi connectivity index (χ2n) is 0.448. The molecule has 0 aliphatic rings. The summed E-state index contributed by atoms with van der Waals surface area (Å²) in [6.45, 7) is 0. The molecule has 0 saturated carbocycles. The van der Waals surface area contributed by atoms with Gasteiger partial charge in [-0.1, -0.05) is 0 Å². The SMILES string of the molecule is [O]=[Mo](=[O])([OH])[OH].[Zn]. The molecule has 0 saturated heterocycles. The molecule has 0 aromatic heterocycles. The van der Waals surface area contributed by atoms with E-state index < -0.39 is 16.7 Å². The van der Waals surface area contributed by atoms with Crippen molar-refractivity contribution in [2.24, 2.45) is 0 Å². The Morgan fingerprint density at radius 2 is 1.17 bits per heavy atom. The van der Waals surface area contributed by atoms with Crippen LogP contribution in [0, 0.1) is 0 Å². The van der Waals surface area contributed by atoms with Gasteiger partial charge in [-0.15, -0.1) is 0 Å². The Morgan fingerprint density at radius 3 is 1.17 bits per heavy atom. The average molecular weight is 227 g/mol. The normalized spacial score (nSPS) is 9.67. The van der Waals surface area contributed by atoms with Gasteiger partial charge in [0.2, 0.25) is 0 Å². The second-order valence-corrected chi connectivity index (χ2v) is 2.65. The van der Waals surface area contributed by atoms with Crippen LogP contribution in [-0.4, -0.2) is 7.52 Å². The fourth-order valence-electron chi connectivity index (χ4n) is 0. The fraction of sp³-hybridized carbons (Fsp3) is 0. The Balaban J connectivity index is 0. The van der Waals surface area contributed by atoms with Gasteiger partial charge in [-0.3, -0.25) is 0 Å². The van der Waals surface area contributed by atoms with E-state index in [0.717, 1.165) is 0 Å². The van der Waals surface area contributed by atoms with Crippen LogP contribution in [0.3, 0.4) is 0 Å². The first-order valence-corrected chi connectivity index (χ1v) is 4.13. The van der Waals surface area contributed by atoms with Crippen LogP contribution in [0.25, 0.3) is 0 Å². The van der Waals surface area contributed by atoms with E-state index in [0.29, 0.717) is 0 Å². The maximum absolute atomic E-state index is 8.85. The third kappa shape index (κ3) is 103. The molecule has 34 valence electrons. The van der Waals surface area contributed by atoms with Crippen molar-refractivity contribution in [3.63, 3.8) is 0 Å². The first-order valence-electron chi connectivity index (χ1n) is 0.698. The predicted octanol–water partition coefficient (Wildman–Crippen LogP) is -1.36. The van der Waals surface area contributed by atoms with Gasteiger partial charge >= 0.3 is 31.1 Å². The predicted molar refractivity (Wildman–Crippen MR) is 5.81 cm³/mol. The third-order valence-corrected chi connectivity index (χ3v) is 0. The summed E-state index contributed by atoms with van der Waals surface area (Å²) >= 11 is -5.52. The first-order chi connectivity index (χ1) is 2.00. The van der Waals surface area contributed by atoms with Crippen molar-refractivity contribution < 1.29 is 50.5 Å². The summed E-state index contributed by atoms with van der Waals surface area (Å²) in [4.78, 5) is 0. The minimum absolute atomic E-state index is 0. The summed E-state index contributed by atoms with van der Waals surface area (Å²) in [6, 6.07) is 0. The average Bonchev–Trinajstić information content (AvgIpc) is 0.722. The monoisotopic (exact) mass is 228 g/mol. The first kappa shape index (κ1) is 9.95. The van der Waals surface area contributed by atoms with E-state index in [-0.39, 0.29) is 19.5 Å². The number of hydrogen-bond donors (Lipinski definition) is 2. The van der Waals surface area contributed by atoms with Crippen LogP contribution in [0.1, 0.15) is 0 Å². The van der Waals surface area contributed by atoms with Crippen molar-refractivity contribution in [2.45, 2.75) is 0 Å². The van der Waals surface area contributed by atoms with E-state index in [4.69, 9.17) is 14.3 Å². The molecule has 0 fully saturated rings. The van der Waals surface area contributed by atoms with Crippen LogP contribution in [0.15, 0.2) is 0 Å². The minimum atomic E-state index is -5.52. The van der Waals surface area contributed by atoms with E-state index in [1.807, 2.05) is 0 Å². The fourth-order valence-corrected chi connectivity index (χ4v) is 0. The van der Waals surface area contributed by atoms with Crippen LogP contribution < -0.4 is 0 Å². The van der Waals surface area contributed by atoms with Gasteiger partial charge in [0.15, 0.2) is 0 Å². The molecular weight excluding hydrogens is 225 g/mol. The zero-order valence-corrected chi connectivity index (χ0v) is 7.80. The van der Waals surface area contributed by atoms with Crippen molar-refractivity contribution in [3.05, 3.63) is 0 Å². The molecule has 0 atom stereocenters. The van der Waals surface area contributed by atoms with Gasteiger partial charge in [0.25, 0.3) is 0 Å². The molecule has 0 amide bonds. The van der Waals surface area contributed by atoms with Crippen LogP contribution >= 0.6 is 0 Å². The quantitative estimate of drug-likeness (QED) is 0.501. The van der Waals surface area contributed by atoms with Crippen molar-refractivity contribution in [2.75, 3.05) is 0 Å². The molecule has 6 heteroatoms. The molecular formula is H2MoO4Zn. The Bertz CT molecular complexity index is 90.7. The van der Waals surface area contributed by atoms with E-state index in [1.54, 1.807) is 0 Å². The summed E-state index contributed by atoms with van der Waals surface area (Å²) in [7, 11) is 0. The summed E-state index contributed by atoms with van der Waals surface area (Å²) in [6.07, 6.45) is 0. The zero-order valence-electron chi connectivity index (χ0n) is 2.83. The molecule has 4 nitrogen and oxygen atoms in total. The molecule has 6 heavy (non-hydrogen) atoms. The summed E-state index contributed by atoms with van der Waals surface area (Å²) in [5.41, 5.74) is 0. The van der Waals surface area contributed by atoms with Gasteiger partial charge in [0, 0.05) is 19.5 Å². The smallest absolute Gasteiger partial charge is 0 e. The van der Waals surface area contributed by atoms with Gasteiger partial charge in [0.05, 0.1) is 0 Å². The van der Waals surface area contributed by atoms with Gasteiger partial charge in [-0.2, -0.15) is 0 Å². The Morgan fingerprint density at radius 1 is 1.17 bits per heavy atom.